The number of allylic oxidation sites excluding steroid dienone is 1. The van der Waals surface area contributed by atoms with Gasteiger partial charge in [0.15, 0.2) is 0 Å². The van der Waals surface area contributed by atoms with Crippen LogP contribution in [0.1, 0.15) is 39.5 Å². The molecule has 1 saturated carbocycles. The monoisotopic (exact) mass is 225 g/mol. The molecular weight excluding hydrogens is 206 g/mol. The van der Waals surface area contributed by atoms with E-state index in [1.807, 2.05) is 13.8 Å². The Balaban J connectivity index is 1.90. The Bertz CT molecular complexity index is 303. The van der Waals surface area contributed by atoms with Crippen LogP contribution in [0.5, 0.6) is 0 Å². The van der Waals surface area contributed by atoms with E-state index >= 15 is 0 Å². The molecule has 2 rings (SSSR count). The summed E-state index contributed by atoms with van der Waals surface area (Å²) in [5.74, 6) is 0.00693. The van der Waals surface area contributed by atoms with Gasteiger partial charge in [0, 0.05) is 5.70 Å². The van der Waals surface area contributed by atoms with E-state index in [1.165, 1.54) is 0 Å². The Morgan fingerprint density at radius 2 is 2.31 bits per heavy atom. The van der Waals surface area contributed by atoms with E-state index in [9.17, 15) is 4.79 Å². The Morgan fingerprint density at radius 3 is 2.81 bits per heavy atom. The first-order valence-corrected chi connectivity index (χ1v) is 5.95. The second-order valence-corrected chi connectivity index (χ2v) is 4.62. The van der Waals surface area contributed by atoms with Crippen molar-refractivity contribution in [3.05, 3.63) is 11.8 Å². The highest BCUT2D eigenvalue weighted by Crippen LogP contribution is 2.38. The van der Waals surface area contributed by atoms with Crippen LogP contribution < -0.4 is 5.48 Å². The Labute approximate surface area is 95.9 Å². The van der Waals surface area contributed by atoms with Crippen LogP contribution in [-0.4, -0.2) is 18.2 Å². The van der Waals surface area contributed by atoms with Crippen LogP contribution in [0.3, 0.4) is 0 Å². The van der Waals surface area contributed by atoms with Gasteiger partial charge in [-0.3, -0.25) is 15.1 Å². The largest absolute Gasteiger partial charge is 0.466 e. The summed E-state index contributed by atoms with van der Waals surface area (Å²) in [7, 11) is 0. The molecule has 0 aromatic carbocycles. The minimum Gasteiger partial charge on any atom is -0.466 e. The molecule has 0 aromatic rings. The van der Waals surface area contributed by atoms with Gasteiger partial charge in [-0.1, -0.05) is 0 Å². The van der Waals surface area contributed by atoms with Crippen molar-refractivity contribution in [3.63, 3.8) is 0 Å². The smallest absolute Gasteiger partial charge is 0.308 e. The van der Waals surface area contributed by atoms with Crippen molar-refractivity contribution in [1.82, 2.24) is 5.48 Å². The summed E-state index contributed by atoms with van der Waals surface area (Å²) < 4.78 is 5.04. The molecule has 4 nitrogen and oxygen atoms in total. The fraction of sp³-hybridized carbons (Fsp3) is 0.750. The summed E-state index contributed by atoms with van der Waals surface area (Å²) in [6.07, 6.45) is 5.62. The summed E-state index contributed by atoms with van der Waals surface area (Å²) >= 11 is 0. The predicted molar refractivity (Wildman–Crippen MR) is 59.3 cm³/mol. The van der Waals surface area contributed by atoms with Crippen molar-refractivity contribution in [2.24, 2.45) is 5.92 Å². The van der Waals surface area contributed by atoms with E-state index in [4.69, 9.17) is 9.57 Å². The van der Waals surface area contributed by atoms with Gasteiger partial charge in [0.25, 0.3) is 0 Å². The Hall–Kier alpha value is -1.03. The number of nitrogens with one attached hydrogen (secondary N) is 1. The van der Waals surface area contributed by atoms with Gasteiger partial charge in [0.2, 0.25) is 0 Å². The lowest BCUT2D eigenvalue weighted by molar-refractivity contribution is -0.151. The number of rotatable bonds is 2. The van der Waals surface area contributed by atoms with Gasteiger partial charge < -0.3 is 4.74 Å². The third-order valence-electron chi connectivity index (χ3n) is 3.35. The number of hydrogen-bond donors (Lipinski definition) is 1. The zero-order valence-electron chi connectivity index (χ0n) is 9.91. The first-order chi connectivity index (χ1) is 7.65. The SMILES string of the molecule is CCOC(=O)C1CCC2(C=C(C)NO2)CC1. The van der Waals surface area contributed by atoms with Gasteiger partial charge in [0.05, 0.1) is 12.5 Å². The van der Waals surface area contributed by atoms with Crippen molar-refractivity contribution in [2.75, 3.05) is 6.61 Å². The van der Waals surface area contributed by atoms with E-state index in [0.717, 1.165) is 31.4 Å². The van der Waals surface area contributed by atoms with Crippen LogP contribution in [0.2, 0.25) is 0 Å². The molecule has 2 aliphatic rings. The minimum absolute atomic E-state index is 0.0518. The molecule has 0 amide bonds. The summed E-state index contributed by atoms with van der Waals surface area (Å²) in [6.45, 7) is 4.31. The molecule has 1 fully saturated rings. The molecule has 1 heterocycles. The average molecular weight is 225 g/mol. The zero-order valence-corrected chi connectivity index (χ0v) is 9.91. The molecular formula is C12H19NO3. The zero-order chi connectivity index (χ0) is 11.6. The van der Waals surface area contributed by atoms with Crippen molar-refractivity contribution in [1.29, 1.82) is 0 Å². The molecule has 16 heavy (non-hydrogen) atoms. The number of esters is 1. The van der Waals surface area contributed by atoms with E-state index in [2.05, 4.69) is 11.6 Å². The lowest BCUT2D eigenvalue weighted by atomic mass is 9.78. The maximum atomic E-state index is 11.6. The first-order valence-electron chi connectivity index (χ1n) is 5.95. The second-order valence-electron chi connectivity index (χ2n) is 4.62. The van der Waals surface area contributed by atoms with Gasteiger partial charge in [-0.2, -0.15) is 0 Å². The van der Waals surface area contributed by atoms with Crippen molar-refractivity contribution >= 4 is 5.97 Å². The normalized spacial score (nSPS) is 33.4. The summed E-state index contributed by atoms with van der Waals surface area (Å²) in [6, 6.07) is 0. The average Bonchev–Trinajstić information content (AvgIpc) is 2.61. The molecule has 0 atom stereocenters. The summed E-state index contributed by atoms with van der Waals surface area (Å²) in [5.41, 5.74) is 3.79. The molecule has 0 bridgehead atoms. The molecule has 1 spiro atoms. The van der Waals surface area contributed by atoms with Gasteiger partial charge in [0.1, 0.15) is 5.60 Å². The van der Waals surface area contributed by atoms with Crippen LogP contribution in [0.25, 0.3) is 0 Å². The molecule has 0 unspecified atom stereocenters. The molecule has 0 aromatic heterocycles. The lowest BCUT2D eigenvalue weighted by Crippen LogP contribution is -2.36. The molecule has 1 N–H and O–H groups in total. The number of carbonyl (C=O) groups is 1. The van der Waals surface area contributed by atoms with Crippen LogP contribution >= 0.6 is 0 Å². The quantitative estimate of drug-likeness (QED) is 0.729. The highest BCUT2D eigenvalue weighted by molar-refractivity contribution is 5.72. The number of carbonyl (C=O) groups excluding carboxylic acids is 1. The van der Waals surface area contributed by atoms with E-state index < -0.39 is 0 Å². The maximum Gasteiger partial charge on any atom is 0.308 e. The van der Waals surface area contributed by atoms with E-state index in [1.54, 1.807) is 0 Å². The summed E-state index contributed by atoms with van der Waals surface area (Å²) in [4.78, 5) is 17.2. The van der Waals surface area contributed by atoms with Crippen LogP contribution in [-0.2, 0) is 14.4 Å². The van der Waals surface area contributed by atoms with Crippen LogP contribution in [0.4, 0.5) is 0 Å². The van der Waals surface area contributed by atoms with Gasteiger partial charge >= 0.3 is 5.97 Å². The third-order valence-corrected chi connectivity index (χ3v) is 3.35. The molecule has 90 valence electrons. The number of hydroxylamine groups is 1. The topological polar surface area (TPSA) is 47.6 Å². The molecule has 0 saturated heterocycles. The maximum absolute atomic E-state index is 11.6. The number of hydrogen-bond acceptors (Lipinski definition) is 4. The Morgan fingerprint density at radius 1 is 1.62 bits per heavy atom. The highest BCUT2D eigenvalue weighted by Gasteiger charge is 2.40. The molecule has 1 aliphatic heterocycles. The molecule has 1 aliphatic carbocycles. The first kappa shape index (κ1) is 11.5. The highest BCUT2D eigenvalue weighted by atomic mass is 16.7. The second kappa shape index (κ2) is 4.45. The fourth-order valence-corrected chi connectivity index (χ4v) is 2.48. The van der Waals surface area contributed by atoms with Crippen molar-refractivity contribution in [2.45, 2.75) is 45.1 Å². The minimum atomic E-state index is -0.174. The lowest BCUT2D eigenvalue weighted by Gasteiger charge is -2.33. The molecule has 4 heteroatoms. The third kappa shape index (κ3) is 2.21. The predicted octanol–water partition coefficient (Wildman–Crippen LogP) is 1.92. The summed E-state index contributed by atoms with van der Waals surface area (Å²) in [5, 5.41) is 0. The van der Waals surface area contributed by atoms with Gasteiger partial charge in [-0.15, -0.1) is 0 Å². The van der Waals surface area contributed by atoms with Crippen molar-refractivity contribution in [3.8, 4) is 0 Å². The van der Waals surface area contributed by atoms with E-state index in [0.29, 0.717) is 6.61 Å². The van der Waals surface area contributed by atoms with Crippen LogP contribution in [0, 0.1) is 5.92 Å². The van der Waals surface area contributed by atoms with Gasteiger partial charge in [-0.25, -0.2) is 0 Å². The van der Waals surface area contributed by atoms with Gasteiger partial charge in [-0.05, 0) is 45.6 Å². The van der Waals surface area contributed by atoms with E-state index in [-0.39, 0.29) is 17.5 Å². The fourth-order valence-electron chi connectivity index (χ4n) is 2.48. The number of ether oxygens (including phenoxy) is 1. The standard InChI is InChI=1S/C12H19NO3/c1-3-15-11(14)10-4-6-12(7-5-10)8-9(2)13-16-12/h8,10,13H,3-7H2,1-2H3. The van der Waals surface area contributed by atoms with Crippen LogP contribution in [0.15, 0.2) is 11.8 Å². The van der Waals surface area contributed by atoms with Crippen molar-refractivity contribution < 1.29 is 14.4 Å². The Kier molecular flexibility index (Phi) is 3.19. The molecule has 0 radical (unpaired) electrons.